The van der Waals surface area contributed by atoms with E-state index in [0.717, 1.165) is 46.6 Å². The van der Waals surface area contributed by atoms with E-state index in [1.54, 1.807) is 33.7 Å². The minimum Gasteiger partial charge on any atom is -0.504 e. The number of aromatic hydroxyl groups is 1. The minimum absolute atomic E-state index is 0.0234. The van der Waals surface area contributed by atoms with Crippen LogP contribution in [0, 0.1) is 29.6 Å². The van der Waals surface area contributed by atoms with Gasteiger partial charge in [0.15, 0.2) is 29.0 Å². The Bertz CT molecular complexity index is 1720. The highest BCUT2D eigenvalue weighted by Crippen LogP contribution is 2.46. The molecule has 2 aromatic rings. The molecule has 11 nitrogen and oxygen atoms in total. The molecule has 1 fully saturated rings. The van der Waals surface area contributed by atoms with Crippen LogP contribution in [0.15, 0.2) is 23.2 Å². The lowest BCUT2D eigenvalue weighted by Gasteiger charge is -2.37. The number of phenols is 1. The number of aliphatic imine (C=N–C) groups is 1. The summed E-state index contributed by atoms with van der Waals surface area (Å²) in [6.45, 7) is 5.06. The van der Waals surface area contributed by atoms with Gasteiger partial charge in [0.25, 0.3) is 0 Å². The maximum absolute atomic E-state index is 13.1. The Hall–Kier alpha value is -3.28. The SMILES string of the molecule is COc1c(O)ccc2c1C#CCc1cc(c3c(c1OCNC1CCCC1)O[C@H](O)[C@H]([C@@H]1CN=C(N)N[C@H](C(C)C)CSSC1)C3)CC[C@@H](O)CC(=O)CC2. The van der Waals surface area contributed by atoms with Gasteiger partial charge in [0.1, 0.15) is 12.5 Å². The van der Waals surface area contributed by atoms with E-state index >= 15 is 0 Å². The Kier molecular flexibility index (Phi) is 14.2. The first-order chi connectivity index (χ1) is 26.1. The summed E-state index contributed by atoms with van der Waals surface area (Å²) in [6.07, 6.45) is 5.05. The third kappa shape index (κ3) is 10.1. The van der Waals surface area contributed by atoms with Gasteiger partial charge in [0, 0.05) is 66.4 Å². The number of hydrogen-bond acceptors (Lipinski definition) is 13. The monoisotopic (exact) mass is 780 g/mol. The Morgan fingerprint density at radius 1 is 1.06 bits per heavy atom. The molecule has 2 aliphatic heterocycles. The van der Waals surface area contributed by atoms with E-state index in [4.69, 9.17) is 24.9 Å². The Morgan fingerprint density at radius 2 is 1.85 bits per heavy atom. The van der Waals surface area contributed by atoms with Crippen molar-refractivity contribution in [2.24, 2.45) is 28.5 Å². The highest BCUT2D eigenvalue weighted by Gasteiger charge is 2.38. The average molecular weight is 781 g/mol. The van der Waals surface area contributed by atoms with Crippen molar-refractivity contribution in [1.82, 2.24) is 10.6 Å². The molecule has 2 heterocycles. The number of nitrogens with one attached hydrogen (secondary N) is 2. The van der Waals surface area contributed by atoms with Crippen LogP contribution in [0.1, 0.15) is 86.6 Å². The molecular formula is C41H56N4O7S2. The molecular weight excluding hydrogens is 725 g/mol. The molecule has 13 heteroatoms. The van der Waals surface area contributed by atoms with Gasteiger partial charge in [-0.3, -0.25) is 15.1 Å². The molecule has 0 unspecified atom stereocenters. The first-order valence-electron chi connectivity index (χ1n) is 19.4. The number of guanidine groups is 1. The van der Waals surface area contributed by atoms with Gasteiger partial charge in [-0.2, -0.15) is 0 Å². The normalized spacial score (nSPS) is 25.7. The number of ether oxygens (including phenoxy) is 3. The van der Waals surface area contributed by atoms with E-state index in [0.29, 0.717) is 67.2 Å². The topological polar surface area (TPSA) is 168 Å². The van der Waals surface area contributed by atoms with E-state index in [2.05, 4.69) is 42.4 Å². The second kappa shape index (κ2) is 19.0. The van der Waals surface area contributed by atoms with Crippen molar-refractivity contribution in [1.29, 1.82) is 0 Å². The molecule has 0 radical (unpaired) electrons. The fourth-order valence-corrected chi connectivity index (χ4v) is 10.7. The molecule has 0 aromatic heterocycles. The number of phenolic OH excluding ortho intramolecular Hbond substituents is 1. The largest absolute Gasteiger partial charge is 0.504 e. The summed E-state index contributed by atoms with van der Waals surface area (Å²) in [6, 6.07) is 6.02. The quantitative estimate of drug-likeness (QED) is 0.128. The first kappa shape index (κ1) is 40.4. The summed E-state index contributed by atoms with van der Waals surface area (Å²) in [5.41, 5.74) is 10.4. The number of ketones is 1. The molecule has 2 aromatic carbocycles. The van der Waals surface area contributed by atoms with Crippen LogP contribution in [0.4, 0.5) is 0 Å². The zero-order valence-corrected chi connectivity index (χ0v) is 33.3. The fourth-order valence-electron chi connectivity index (χ4n) is 7.83. The molecule has 0 spiro atoms. The number of aryl methyl sites for hydroxylation is 2. The number of nitrogens with two attached hydrogens (primary N) is 1. The van der Waals surface area contributed by atoms with Gasteiger partial charge in [-0.1, -0.05) is 72.3 Å². The van der Waals surface area contributed by atoms with Crippen LogP contribution in [0.2, 0.25) is 0 Å². The van der Waals surface area contributed by atoms with Gasteiger partial charge >= 0.3 is 0 Å². The lowest BCUT2D eigenvalue weighted by molar-refractivity contribution is -0.121. The van der Waals surface area contributed by atoms with Gasteiger partial charge in [-0.05, 0) is 67.6 Å². The van der Waals surface area contributed by atoms with Crippen molar-refractivity contribution >= 4 is 33.3 Å². The van der Waals surface area contributed by atoms with Crippen LogP contribution in [0.3, 0.4) is 0 Å². The van der Waals surface area contributed by atoms with E-state index in [9.17, 15) is 20.1 Å². The number of aliphatic hydroxyl groups excluding tert-OH is 2. The molecule has 54 heavy (non-hydrogen) atoms. The van der Waals surface area contributed by atoms with Gasteiger partial charge in [0.05, 0.1) is 18.8 Å². The van der Waals surface area contributed by atoms with Crippen LogP contribution >= 0.6 is 21.6 Å². The number of rotatable bonds is 7. The molecule has 7 N–H and O–H groups in total. The number of benzene rings is 2. The van der Waals surface area contributed by atoms with E-state index < -0.39 is 12.4 Å². The standard InChI is InChI=1S/C41H56N4O7S2/c1-24(2)35-22-54-53-21-28(20-43-41(42)45-35)34-19-33-26-12-15-31(47)18-30(46)14-11-25-13-16-36(48)38(50-3)32(25)10-6-7-27(17-26)37(39(33)52-40(34)49)51-23-44-29-8-4-5-9-29/h13,16-17,24,28-29,31,34-35,40,44,47-49H,4-5,7-9,11-12,14-15,18-23H2,1-3H3,(H3,42,43,45)/t28-,31-,34+,35+,40+/m1/s1. The molecule has 0 saturated heterocycles. The average Bonchev–Trinajstić information content (AvgIpc) is 3.67. The van der Waals surface area contributed by atoms with Crippen molar-refractivity contribution in [2.75, 3.05) is 31.9 Å². The summed E-state index contributed by atoms with van der Waals surface area (Å²) in [5, 5.41) is 40.4. The number of carbonyl (C=O) groups excluding carboxylic acids is 1. The van der Waals surface area contributed by atoms with E-state index in [1.807, 2.05) is 0 Å². The van der Waals surface area contributed by atoms with Crippen molar-refractivity contribution in [3.63, 3.8) is 0 Å². The van der Waals surface area contributed by atoms with Crippen LogP contribution in [0.5, 0.6) is 23.0 Å². The summed E-state index contributed by atoms with van der Waals surface area (Å²) in [4.78, 5) is 17.8. The Labute approximate surface area is 327 Å². The predicted molar refractivity (Wildman–Crippen MR) is 215 cm³/mol. The molecule has 4 aliphatic rings. The molecule has 2 aliphatic carbocycles. The number of fused-ring (bicyclic) bond motifs is 5. The lowest BCUT2D eigenvalue weighted by atomic mass is 9.81. The van der Waals surface area contributed by atoms with E-state index in [1.165, 1.54) is 20.0 Å². The maximum atomic E-state index is 13.1. The number of nitrogens with zero attached hydrogens (tertiary/aromatic N) is 1. The first-order valence-corrected chi connectivity index (χ1v) is 21.9. The highest BCUT2D eigenvalue weighted by molar-refractivity contribution is 8.76. The van der Waals surface area contributed by atoms with Crippen LogP contribution in [-0.4, -0.2) is 83.4 Å². The zero-order chi connectivity index (χ0) is 38.2. The number of aliphatic hydroxyl groups is 2. The molecule has 5 atom stereocenters. The van der Waals surface area contributed by atoms with Gasteiger partial charge < -0.3 is 40.6 Å². The van der Waals surface area contributed by atoms with Crippen molar-refractivity contribution in [2.45, 2.75) is 109 Å². The van der Waals surface area contributed by atoms with Gasteiger partial charge in [0.2, 0.25) is 6.29 Å². The number of methoxy groups -OCH3 is 1. The Morgan fingerprint density at radius 3 is 2.63 bits per heavy atom. The van der Waals surface area contributed by atoms with Crippen LogP contribution < -0.4 is 30.6 Å². The summed E-state index contributed by atoms with van der Waals surface area (Å²) < 4.78 is 18.6. The summed E-state index contributed by atoms with van der Waals surface area (Å²) in [7, 11) is 5.08. The molecule has 294 valence electrons. The zero-order valence-electron chi connectivity index (χ0n) is 31.7. The molecule has 2 bridgehead atoms. The lowest BCUT2D eigenvalue weighted by Crippen LogP contribution is -2.45. The molecule has 1 saturated carbocycles. The highest BCUT2D eigenvalue weighted by atomic mass is 33.1. The second-order valence-corrected chi connectivity index (χ2v) is 17.9. The smallest absolute Gasteiger partial charge is 0.201 e. The molecule has 6 rings (SSSR count). The van der Waals surface area contributed by atoms with Crippen molar-refractivity contribution < 1.29 is 34.3 Å². The van der Waals surface area contributed by atoms with Crippen molar-refractivity contribution in [3.8, 4) is 34.8 Å². The minimum atomic E-state index is -1.11. The number of Topliss-reactive ketones (excluding diaryl/α,β-unsaturated/α-hetero) is 1. The summed E-state index contributed by atoms with van der Waals surface area (Å²) >= 11 is 0. The van der Waals surface area contributed by atoms with E-state index in [-0.39, 0.29) is 61.2 Å². The number of hydrogen-bond donors (Lipinski definition) is 6. The fraction of sp³-hybridized carbons (Fsp3) is 0.610. The Balaban J connectivity index is 1.38. The maximum Gasteiger partial charge on any atom is 0.201 e. The third-order valence-corrected chi connectivity index (χ3v) is 13.7. The second-order valence-electron chi connectivity index (χ2n) is 15.3. The molecule has 0 amide bonds. The summed E-state index contributed by atoms with van der Waals surface area (Å²) in [5.74, 6) is 9.93. The van der Waals surface area contributed by atoms with Crippen LogP contribution in [-0.2, 0) is 30.5 Å². The van der Waals surface area contributed by atoms with Gasteiger partial charge in [-0.15, -0.1) is 0 Å². The van der Waals surface area contributed by atoms with Gasteiger partial charge in [-0.25, -0.2) is 0 Å². The third-order valence-electron chi connectivity index (χ3n) is 11.2. The predicted octanol–water partition coefficient (Wildman–Crippen LogP) is 4.87. The van der Waals surface area contributed by atoms with Crippen LogP contribution in [0.25, 0.3) is 0 Å². The number of carbonyl (C=O) groups is 1. The van der Waals surface area contributed by atoms with Crippen molar-refractivity contribution in [3.05, 3.63) is 46.0 Å².